The lowest BCUT2D eigenvalue weighted by molar-refractivity contribution is -0.141. The van der Waals surface area contributed by atoms with Crippen molar-refractivity contribution in [3.05, 3.63) is 70.4 Å². The fourth-order valence-corrected chi connectivity index (χ4v) is 7.20. The highest BCUT2D eigenvalue weighted by atomic mass is 19.4. The summed E-state index contributed by atoms with van der Waals surface area (Å²) in [5.41, 5.74) is 1.06. The Balaban J connectivity index is 1.07. The summed E-state index contributed by atoms with van der Waals surface area (Å²) in [5, 5.41) is 14.6. The maximum atomic E-state index is 14.1. The molecule has 1 N–H and O–H groups in total. The third-order valence-corrected chi connectivity index (χ3v) is 9.54. The lowest BCUT2D eigenvalue weighted by Gasteiger charge is -2.26. The lowest BCUT2D eigenvalue weighted by atomic mass is 10.0. The van der Waals surface area contributed by atoms with E-state index in [1.54, 1.807) is 19.9 Å². The molecule has 2 aliphatic heterocycles. The van der Waals surface area contributed by atoms with Gasteiger partial charge in [0.1, 0.15) is 5.82 Å². The fourth-order valence-electron chi connectivity index (χ4n) is 7.20. The van der Waals surface area contributed by atoms with E-state index in [-0.39, 0.29) is 35.4 Å². The smallest absolute Gasteiger partial charge is 0.349 e. The Morgan fingerprint density at radius 2 is 1.71 bits per heavy atom. The summed E-state index contributed by atoms with van der Waals surface area (Å²) in [6, 6.07) is 8.21. The van der Waals surface area contributed by atoms with Gasteiger partial charge in [-0.25, -0.2) is 9.07 Å². The maximum Gasteiger partial charge on any atom is 0.435 e. The third kappa shape index (κ3) is 6.58. The minimum Gasteiger partial charge on any atom is -0.349 e. The molecule has 1 saturated carbocycles. The second kappa shape index (κ2) is 12.5. The molecular formula is C32H37F4N7O2. The predicted octanol–water partition coefficient (Wildman–Crippen LogP) is 4.88. The minimum absolute atomic E-state index is 0.0259. The molecule has 1 aromatic carbocycles. The van der Waals surface area contributed by atoms with Crippen molar-refractivity contribution in [3.63, 3.8) is 0 Å². The molecule has 3 aliphatic rings. The number of hydrogen-bond acceptors (Lipinski definition) is 6. The highest BCUT2D eigenvalue weighted by Gasteiger charge is 2.42. The average Bonchev–Trinajstić information content (AvgIpc) is 3.79. The summed E-state index contributed by atoms with van der Waals surface area (Å²) < 4.78 is 54.2. The van der Waals surface area contributed by atoms with Crippen molar-refractivity contribution in [1.29, 1.82) is 0 Å². The highest BCUT2D eigenvalue weighted by molar-refractivity contribution is 5.96. The van der Waals surface area contributed by atoms with Crippen LogP contribution >= 0.6 is 0 Å². The number of nitrogens with one attached hydrogen (secondary N) is 1. The van der Waals surface area contributed by atoms with Gasteiger partial charge in [-0.3, -0.25) is 9.59 Å². The first-order valence-corrected chi connectivity index (χ1v) is 15.5. The number of nitrogens with zero attached hydrogens (tertiary/aromatic N) is 6. The lowest BCUT2D eigenvalue weighted by Crippen LogP contribution is -2.37. The van der Waals surface area contributed by atoms with Crippen LogP contribution in [0, 0.1) is 37.4 Å². The number of benzene rings is 1. The van der Waals surface area contributed by atoms with Gasteiger partial charge in [0.2, 0.25) is 5.91 Å². The van der Waals surface area contributed by atoms with Gasteiger partial charge in [0.25, 0.3) is 5.91 Å². The van der Waals surface area contributed by atoms with Crippen LogP contribution in [0.15, 0.2) is 36.4 Å². The predicted molar refractivity (Wildman–Crippen MR) is 157 cm³/mol. The number of fused-ring (bicyclic) bond motifs is 1. The molecule has 0 bridgehead atoms. The molecule has 3 fully saturated rings. The van der Waals surface area contributed by atoms with Crippen LogP contribution in [0.25, 0.3) is 5.82 Å². The van der Waals surface area contributed by atoms with E-state index in [9.17, 15) is 27.2 Å². The van der Waals surface area contributed by atoms with Crippen LogP contribution in [0.3, 0.4) is 0 Å². The molecule has 13 heteroatoms. The Kier molecular flexibility index (Phi) is 8.64. The number of alkyl halides is 3. The zero-order valence-corrected chi connectivity index (χ0v) is 25.4. The van der Waals surface area contributed by atoms with Gasteiger partial charge in [-0.15, -0.1) is 10.2 Å². The van der Waals surface area contributed by atoms with Crippen molar-refractivity contribution in [1.82, 2.24) is 35.1 Å². The van der Waals surface area contributed by atoms with Gasteiger partial charge in [-0.1, -0.05) is 25.0 Å². The van der Waals surface area contributed by atoms with E-state index in [4.69, 9.17) is 0 Å². The molecule has 4 heterocycles. The van der Waals surface area contributed by atoms with Crippen molar-refractivity contribution in [2.24, 2.45) is 17.8 Å². The Labute approximate surface area is 259 Å². The Hall–Kier alpha value is -3.87. The first kappa shape index (κ1) is 31.1. The van der Waals surface area contributed by atoms with E-state index in [2.05, 4.69) is 25.5 Å². The normalized spacial score (nSPS) is 21.3. The van der Waals surface area contributed by atoms with E-state index in [1.165, 1.54) is 22.9 Å². The average molecular weight is 628 g/mol. The number of hydrogen-bond donors (Lipinski definition) is 1. The summed E-state index contributed by atoms with van der Waals surface area (Å²) in [5.74, 6) is 0.297. The van der Waals surface area contributed by atoms with Crippen molar-refractivity contribution in [3.8, 4) is 5.82 Å². The second-order valence-electron chi connectivity index (χ2n) is 12.6. The molecule has 0 spiro atoms. The zero-order chi connectivity index (χ0) is 31.9. The summed E-state index contributed by atoms with van der Waals surface area (Å²) in [7, 11) is 0. The third-order valence-electron chi connectivity index (χ3n) is 9.54. The number of aryl methyl sites for hydroxylation is 1. The van der Waals surface area contributed by atoms with Crippen LogP contribution < -0.4 is 5.32 Å². The summed E-state index contributed by atoms with van der Waals surface area (Å²) in [4.78, 5) is 30.8. The largest absolute Gasteiger partial charge is 0.435 e. The molecule has 240 valence electrons. The summed E-state index contributed by atoms with van der Waals surface area (Å²) in [6.07, 6.45) is -0.0134. The number of carbonyl (C=O) groups is 2. The van der Waals surface area contributed by atoms with E-state index in [1.807, 2.05) is 11.0 Å². The van der Waals surface area contributed by atoms with Crippen molar-refractivity contribution in [2.45, 2.75) is 58.2 Å². The molecule has 3 atom stereocenters. The molecule has 6 rings (SSSR count). The quantitative estimate of drug-likeness (QED) is 0.358. The van der Waals surface area contributed by atoms with Crippen molar-refractivity contribution in [2.75, 3.05) is 32.7 Å². The van der Waals surface area contributed by atoms with Gasteiger partial charge in [0, 0.05) is 38.6 Å². The van der Waals surface area contributed by atoms with E-state index in [0.717, 1.165) is 56.9 Å². The number of carbonyl (C=O) groups excluding carboxylic acids is 2. The Morgan fingerprint density at radius 3 is 2.33 bits per heavy atom. The number of halogens is 4. The standard InChI is InChI=1S/C32H37F4N7O2/c1-19-29(20(2)43(40-19)28-11-10-27(38-39-28)32(34,35)36)31(45)42-17-23-15-41(16-24(23)18-42)13-12-26(22-8-5-9-25(33)14-22)37-30(44)21-6-3-4-7-21/h5,8-11,14,21,23-24,26H,3-4,6-7,12-13,15-18H2,1-2H3,(H,37,44)/t23?,24?,26-/m0/s1. The van der Waals surface area contributed by atoms with Crippen molar-refractivity contribution >= 4 is 11.8 Å². The summed E-state index contributed by atoms with van der Waals surface area (Å²) in [6.45, 7) is 6.97. The van der Waals surface area contributed by atoms with Crippen LogP contribution in [-0.4, -0.2) is 74.3 Å². The van der Waals surface area contributed by atoms with Gasteiger partial charge in [-0.05, 0) is 74.8 Å². The van der Waals surface area contributed by atoms with Crippen LogP contribution in [0.2, 0.25) is 0 Å². The second-order valence-corrected chi connectivity index (χ2v) is 12.6. The molecule has 3 aromatic rings. The first-order valence-electron chi connectivity index (χ1n) is 15.5. The molecule has 2 saturated heterocycles. The van der Waals surface area contributed by atoms with E-state index in [0.29, 0.717) is 48.3 Å². The number of aromatic nitrogens is 4. The number of rotatable bonds is 8. The Bertz CT molecular complexity index is 1540. The summed E-state index contributed by atoms with van der Waals surface area (Å²) >= 11 is 0. The van der Waals surface area contributed by atoms with Gasteiger partial charge in [-0.2, -0.15) is 18.3 Å². The molecule has 45 heavy (non-hydrogen) atoms. The van der Waals surface area contributed by atoms with Crippen LogP contribution in [0.5, 0.6) is 0 Å². The van der Waals surface area contributed by atoms with E-state index >= 15 is 0 Å². The molecule has 2 aromatic heterocycles. The van der Waals surface area contributed by atoms with E-state index < -0.39 is 11.9 Å². The Morgan fingerprint density at radius 1 is 1.00 bits per heavy atom. The van der Waals surface area contributed by atoms with Gasteiger partial charge in [0.15, 0.2) is 11.5 Å². The molecule has 2 amide bonds. The minimum atomic E-state index is -4.60. The maximum absolute atomic E-state index is 14.1. The van der Waals surface area contributed by atoms with Gasteiger partial charge in [0.05, 0.1) is 23.0 Å². The molecule has 2 unspecified atom stereocenters. The topological polar surface area (TPSA) is 96.2 Å². The van der Waals surface area contributed by atoms with Gasteiger partial charge < -0.3 is 15.1 Å². The van der Waals surface area contributed by atoms with Crippen LogP contribution in [0.1, 0.15) is 71.1 Å². The zero-order valence-electron chi connectivity index (χ0n) is 25.4. The first-order chi connectivity index (χ1) is 21.5. The molecule has 0 radical (unpaired) electrons. The molecule has 9 nitrogen and oxygen atoms in total. The monoisotopic (exact) mass is 627 g/mol. The molecule has 1 aliphatic carbocycles. The van der Waals surface area contributed by atoms with Crippen molar-refractivity contribution < 1.29 is 27.2 Å². The van der Waals surface area contributed by atoms with Crippen LogP contribution in [0.4, 0.5) is 17.6 Å². The molecular weight excluding hydrogens is 590 g/mol. The SMILES string of the molecule is Cc1nn(-c2ccc(C(F)(F)F)nn2)c(C)c1C(=O)N1CC2CN(CC[C@H](NC(=O)C3CCCC3)c3cccc(F)c3)CC2C1. The number of likely N-dealkylation sites (tertiary alicyclic amines) is 2. The van der Waals surface area contributed by atoms with Gasteiger partial charge >= 0.3 is 6.18 Å². The van der Waals surface area contributed by atoms with Crippen LogP contribution in [-0.2, 0) is 11.0 Å². The highest BCUT2D eigenvalue weighted by Crippen LogP contribution is 2.34. The number of amides is 2. The fraction of sp³-hybridized carbons (Fsp3) is 0.531.